The molecule has 3 rings (SSSR count). The van der Waals surface area contributed by atoms with Crippen molar-refractivity contribution in [2.75, 3.05) is 13.9 Å². The average Bonchev–Trinajstić information content (AvgIpc) is 3.01. The minimum atomic E-state index is -0.760. The highest BCUT2D eigenvalue weighted by atomic mass is 35.5. The van der Waals surface area contributed by atoms with Gasteiger partial charge in [-0.2, -0.15) is 0 Å². The van der Waals surface area contributed by atoms with Crippen LogP contribution in [0.4, 0.5) is 0 Å². The Morgan fingerprint density at radius 3 is 2.84 bits per heavy atom. The number of fused-ring (bicyclic) bond motifs is 1. The van der Waals surface area contributed by atoms with Gasteiger partial charge < -0.3 is 24.3 Å². The van der Waals surface area contributed by atoms with Gasteiger partial charge in [0.15, 0.2) is 11.5 Å². The molecular formula is C17H16ClNO6. The SMILES string of the molecule is COC(=O)CC(c1cc(Cl)c2c(c1)OCO2)c1c(O)cc(C)[nH]c1=O. The highest BCUT2D eigenvalue weighted by Gasteiger charge is 2.28. The van der Waals surface area contributed by atoms with Gasteiger partial charge in [0.2, 0.25) is 6.79 Å². The summed E-state index contributed by atoms with van der Waals surface area (Å²) < 4.78 is 15.3. The molecule has 2 N–H and O–H groups in total. The number of hydrogen-bond acceptors (Lipinski definition) is 6. The largest absolute Gasteiger partial charge is 0.507 e. The van der Waals surface area contributed by atoms with Crippen molar-refractivity contribution >= 4 is 17.6 Å². The number of hydrogen-bond donors (Lipinski definition) is 2. The zero-order valence-corrected chi connectivity index (χ0v) is 14.3. The monoisotopic (exact) mass is 365 g/mol. The molecule has 0 fully saturated rings. The van der Waals surface area contributed by atoms with E-state index in [1.165, 1.54) is 13.2 Å². The fourth-order valence-electron chi connectivity index (χ4n) is 2.84. The minimum Gasteiger partial charge on any atom is -0.507 e. The van der Waals surface area contributed by atoms with Gasteiger partial charge in [0, 0.05) is 11.6 Å². The lowest BCUT2D eigenvalue weighted by atomic mass is 9.88. The second kappa shape index (κ2) is 6.68. The molecule has 0 saturated carbocycles. The van der Waals surface area contributed by atoms with Gasteiger partial charge in [-0.15, -0.1) is 0 Å². The van der Waals surface area contributed by atoms with Gasteiger partial charge in [0.25, 0.3) is 5.56 Å². The maximum absolute atomic E-state index is 12.4. The van der Waals surface area contributed by atoms with Crippen molar-refractivity contribution in [2.45, 2.75) is 19.3 Å². The highest BCUT2D eigenvalue weighted by molar-refractivity contribution is 6.32. The summed E-state index contributed by atoms with van der Waals surface area (Å²) in [6, 6.07) is 4.65. The van der Waals surface area contributed by atoms with E-state index in [-0.39, 0.29) is 24.5 Å². The number of nitrogens with one attached hydrogen (secondary N) is 1. The molecule has 25 heavy (non-hydrogen) atoms. The molecule has 1 aromatic carbocycles. The molecule has 0 radical (unpaired) electrons. The van der Waals surface area contributed by atoms with Crippen molar-refractivity contribution in [3.05, 3.63) is 50.4 Å². The van der Waals surface area contributed by atoms with Gasteiger partial charge >= 0.3 is 5.97 Å². The van der Waals surface area contributed by atoms with E-state index in [1.807, 2.05) is 0 Å². The van der Waals surface area contributed by atoms with Crippen LogP contribution < -0.4 is 15.0 Å². The van der Waals surface area contributed by atoms with E-state index < -0.39 is 17.4 Å². The van der Waals surface area contributed by atoms with Crippen LogP contribution in [0.2, 0.25) is 5.02 Å². The van der Waals surface area contributed by atoms with Crippen molar-refractivity contribution in [3.8, 4) is 17.2 Å². The number of halogens is 1. The molecule has 2 aromatic rings. The van der Waals surface area contributed by atoms with Crippen molar-refractivity contribution in [3.63, 3.8) is 0 Å². The lowest BCUT2D eigenvalue weighted by molar-refractivity contribution is -0.140. The number of pyridine rings is 1. The van der Waals surface area contributed by atoms with E-state index in [2.05, 4.69) is 4.98 Å². The number of rotatable bonds is 4. The van der Waals surface area contributed by atoms with Gasteiger partial charge in [0.1, 0.15) is 5.75 Å². The number of ether oxygens (including phenoxy) is 3. The van der Waals surface area contributed by atoms with E-state index in [4.69, 9.17) is 25.8 Å². The molecule has 1 aromatic heterocycles. The summed E-state index contributed by atoms with van der Waals surface area (Å²) >= 11 is 6.21. The molecule has 8 heteroatoms. The molecule has 0 bridgehead atoms. The van der Waals surface area contributed by atoms with Crippen LogP contribution in [-0.4, -0.2) is 30.0 Å². The summed E-state index contributed by atoms with van der Waals surface area (Å²) in [5.74, 6) is -0.671. The van der Waals surface area contributed by atoms with Crippen LogP contribution in [0.3, 0.4) is 0 Å². The molecule has 0 saturated heterocycles. The molecule has 2 heterocycles. The molecular weight excluding hydrogens is 350 g/mol. The standard InChI is InChI=1S/C17H16ClNO6/c1-8-3-12(20)15(17(22)19-8)10(6-14(21)23-2)9-4-11(18)16-13(5-9)24-7-25-16/h3-5,10H,6-7H2,1-2H3,(H2,19,20,22). The summed E-state index contributed by atoms with van der Waals surface area (Å²) in [5.41, 5.74) is 0.613. The van der Waals surface area contributed by atoms with Crippen LogP contribution in [0.25, 0.3) is 0 Å². The van der Waals surface area contributed by atoms with Gasteiger partial charge in [-0.25, -0.2) is 0 Å². The number of aromatic nitrogens is 1. The number of benzene rings is 1. The molecule has 1 aliphatic heterocycles. The maximum Gasteiger partial charge on any atom is 0.306 e. The molecule has 0 aliphatic carbocycles. The first-order valence-corrected chi connectivity index (χ1v) is 7.87. The molecule has 1 atom stereocenters. The van der Waals surface area contributed by atoms with E-state index in [9.17, 15) is 14.7 Å². The lowest BCUT2D eigenvalue weighted by Gasteiger charge is -2.18. The van der Waals surface area contributed by atoms with Crippen LogP contribution in [-0.2, 0) is 9.53 Å². The third kappa shape index (κ3) is 3.28. The van der Waals surface area contributed by atoms with Crippen molar-refractivity contribution < 1.29 is 24.1 Å². The zero-order chi connectivity index (χ0) is 18.1. The maximum atomic E-state index is 12.4. The number of aryl methyl sites for hydroxylation is 1. The quantitative estimate of drug-likeness (QED) is 0.808. The van der Waals surface area contributed by atoms with Gasteiger partial charge in [-0.05, 0) is 30.7 Å². The molecule has 7 nitrogen and oxygen atoms in total. The number of aromatic amines is 1. The first-order chi connectivity index (χ1) is 11.9. The molecule has 0 spiro atoms. The summed E-state index contributed by atoms with van der Waals surface area (Å²) in [7, 11) is 1.26. The van der Waals surface area contributed by atoms with Crippen LogP contribution in [0.1, 0.15) is 29.2 Å². The number of aromatic hydroxyl groups is 1. The zero-order valence-electron chi connectivity index (χ0n) is 13.6. The molecule has 1 aliphatic rings. The Balaban J connectivity index is 2.16. The minimum absolute atomic E-state index is 0.0382. The number of methoxy groups -OCH3 is 1. The first-order valence-electron chi connectivity index (χ1n) is 7.49. The van der Waals surface area contributed by atoms with E-state index in [0.29, 0.717) is 27.8 Å². The van der Waals surface area contributed by atoms with Crippen molar-refractivity contribution in [2.24, 2.45) is 0 Å². The van der Waals surface area contributed by atoms with E-state index >= 15 is 0 Å². The fraction of sp³-hybridized carbons (Fsp3) is 0.294. The summed E-state index contributed by atoms with van der Waals surface area (Å²) in [6.45, 7) is 1.69. The normalized spacial score (nSPS) is 13.6. The Morgan fingerprint density at radius 1 is 1.40 bits per heavy atom. The average molecular weight is 366 g/mol. The van der Waals surface area contributed by atoms with Gasteiger partial charge in [-0.3, -0.25) is 9.59 Å². The second-order valence-corrected chi connectivity index (χ2v) is 6.06. The van der Waals surface area contributed by atoms with Crippen LogP contribution >= 0.6 is 11.6 Å². The predicted molar refractivity (Wildman–Crippen MR) is 89.5 cm³/mol. The van der Waals surface area contributed by atoms with Crippen molar-refractivity contribution in [1.29, 1.82) is 0 Å². The number of carbonyl (C=O) groups is 1. The first kappa shape index (κ1) is 17.2. The fourth-order valence-corrected chi connectivity index (χ4v) is 3.12. The third-order valence-corrected chi connectivity index (χ3v) is 4.26. The lowest BCUT2D eigenvalue weighted by Crippen LogP contribution is -2.20. The molecule has 0 amide bonds. The summed E-state index contributed by atoms with van der Waals surface area (Å²) in [5, 5.41) is 10.6. The van der Waals surface area contributed by atoms with Gasteiger partial charge in [0.05, 0.1) is 24.1 Å². The molecule has 132 valence electrons. The van der Waals surface area contributed by atoms with Crippen LogP contribution in [0.5, 0.6) is 17.2 Å². The summed E-state index contributed by atoms with van der Waals surface area (Å²) in [4.78, 5) is 26.9. The predicted octanol–water partition coefficient (Wildman–Crippen LogP) is 2.47. The Bertz CT molecular complexity index is 891. The van der Waals surface area contributed by atoms with E-state index in [0.717, 1.165) is 0 Å². The van der Waals surface area contributed by atoms with E-state index in [1.54, 1.807) is 19.1 Å². The smallest absolute Gasteiger partial charge is 0.306 e. The van der Waals surface area contributed by atoms with Crippen LogP contribution in [0.15, 0.2) is 23.0 Å². The number of carbonyl (C=O) groups excluding carboxylic acids is 1. The Labute approximate surface area is 148 Å². The topological polar surface area (TPSA) is 97.8 Å². The summed E-state index contributed by atoms with van der Waals surface area (Å²) in [6.07, 6.45) is -0.147. The number of esters is 1. The Morgan fingerprint density at radius 2 is 2.16 bits per heavy atom. The number of H-pyrrole nitrogens is 1. The Kier molecular flexibility index (Phi) is 4.59. The third-order valence-electron chi connectivity index (χ3n) is 3.98. The van der Waals surface area contributed by atoms with Crippen LogP contribution in [0, 0.1) is 6.92 Å². The molecule has 1 unspecified atom stereocenters. The highest BCUT2D eigenvalue weighted by Crippen LogP contribution is 2.43. The second-order valence-electron chi connectivity index (χ2n) is 5.65. The van der Waals surface area contributed by atoms with Gasteiger partial charge in [-0.1, -0.05) is 11.6 Å². The Hall–Kier alpha value is -2.67. The van der Waals surface area contributed by atoms with Crippen molar-refractivity contribution in [1.82, 2.24) is 4.98 Å².